The lowest BCUT2D eigenvalue weighted by Gasteiger charge is -2.07. The summed E-state index contributed by atoms with van der Waals surface area (Å²) in [4.78, 5) is 23.6. The molecular formula is C18H16N4O2. The van der Waals surface area contributed by atoms with Crippen molar-refractivity contribution in [2.75, 3.05) is 5.32 Å². The van der Waals surface area contributed by atoms with Crippen molar-refractivity contribution < 1.29 is 9.53 Å². The molecular weight excluding hydrogens is 304 g/mol. The minimum atomic E-state index is -0.518. The lowest BCUT2D eigenvalue weighted by molar-refractivity contribution is 0.153. The van der Waals surface area contributed by atoms with Gasteiger partial charge in [-0.05, 0) is 47.9 Å². The van der Waals surface area contributed by atoms with Crippen LogP contribution < -0.4 is 5.32 Å². The summed E-state index contributed by atoms with van der Waals surface area (Å²) in [5.41, 5.74) is 3.67. The first-order valence-corrected chi connectivity index (χ1v) is 7.46. The number of amides is 1. The maximum absolute atomic E-state index is 11.8. The second-order valence-corrected chi connectivity index (χ2v) is 5.13. The number of nitrogens with one attached hydrogen (secondary N) is 1. The molecule has 0 spiro atoms. The zero-order valence-electron chi connectivity index (χ0n) is 12.9. The minimum Gasteiger partial charge on any atom is -0.443 e. The number of pyridine rings is 1. The number of rotatable bonds is 5. The fourth-order valence-electron chi connectivity index (χ4n) is 2.14. The number of carbonyl (C=O) groups is 1. The van der Waals surface area contributed by atoms with Gasteiger partial charge < -0.3 is 4.74 Å². The molecule has 0 saturated carbocycles. The van der Waals surface area contributed by atoms with Crippen molar-refractivity contribution in [1.82, 2.24) is 15.0 Å². The molecule has 1 N–H and O–H groups in total. The normalized spacial score (nSPS) is 10.2. The van der Waals surface area contributed by atoms with Gasteiger partial charge in [-0.15, -0.1) is 0 Å². The molecule has 1 aromatic carbocycles. The Bertz CT molecular complexity index is 777. The van der Waals surface area contributed by atoms with E-state index in [-0.39, 0.29) is 6.61 Å². The SMILES string of the molecule is O=C(Nc1ccc(Cc2ccncc2)cc1)OCc1ccncn1. The van der Waals surface area contributed by atoms with Crippen molar-refractivity contribution in [3.8, 4) is 0 Å². The molecule has 0 aliphatic rings. The van der Waals surface area contributed by atoms with Crippen molar-refractivity contribution in [3.05, 3.63) is 84.2 Å². The molecule has 0 atom stereocenters. The summed E-state index contributed by atoms with van der Waals surface area (Å²) >= 11 is 0. The second-order valence-electron chi connectivity index (χ2n) is 5.13. The Labute approximate surface area is 139 Å². The maximum atomic E-state index is 11.8. The minimum absolute atomic E-state index is 0.106. The molecule has 0 radical (unpaired) electrons. The molecule has 6 nitrogen and oxygen atoms in total. The summed E-state index contributed by atoms with van der Waals surface area (Å²) in [5.74, 6) is 0. The Morgan fingerprint density at radius 1 is 0.917 bits per heavy atom. The Hall–Kier alpha value is -3.28. The fraction of sp³-hybridized carbons (Fsp3) is 0.111. The molecule has 0 unspecified atom stereocenters. The maximum Gasteiger partial charge on any atom is 0.412 e. The molecule has 3 rings (SSSR count). The zero-order valence-corrected chi connectivity index (χ0v) is 12.9. The van der Waals surface area contributed by atoms with Gasteiger partial charge in [0, 0.05) is 24.3 Å². The molecule has 0 bridgehead atoms. The lowest BCUT2D eigenvalue weighted by Crippen LogP contribution is -2.13. The number of aromatic nitrogens is 3. The highest BCUT2D eigenvalue weighted by molar-refractivity contribution is 5.84. The highest BCUT2D eigenvalue weighted by atomic mass is 16.5. The van der Waals surface area contributed by atoms with Crippen LogP contribution in [-0.4, -0.2) is 21.0 Å². The molecule has 2 heterocycles. The average molecular weight is 320 g/mol. The summed E-state index contributed by atoms with van der Waals surface area (Å²) in [6, 6.07) is 13.3. The van der Waals surface area contributed by atoms with Gasteiger partial charge in [-0.1, -0.05) is 12.1 Å². The molecule has 1 amide bonds. The van der Waals surface area contributed by atoms with Gasteiger partial charge in [0.25, 0.3) is 0 Å². The molecule has 6 heteroatoms. The molecule has 0 aliphatic heterocycles. The first-order valence-electron chi connectivity index (χ1n) is 7.46. The van der Waals surface area contributed by atoms with Gasteiger partial charge >= 0.3 is 6.09 Å². The number of anilines is 1. The largest absolute Gasteiger partial charge is 0.443 e. The predicted molar refractivity (Wildman–Crippen MR) is 89.3 cm³/mol. The van der Waals surface area contributed by atoms with Gasteiger partial charge in [0.05, 0.1) is 5.69 Å². The molecule has 3 aromatic rings. The smallest absolute Gasteiger partial charge is 0.412 e. The van der Waals surface area contributed by atoms with Crippen molar-refractivity contribution in [1.29, 1.82) is 0 Å². The zero-order chi connectivity index (χ0) is 16.6. The second kappa shape index (κ2) is 7.82. The lowest BCUT2D eigenvalue weighted by atomic mass is 10.1. The van der Waals surface area contributed by atoms with Crippen LogP contribution in [0.15, 0.2) is 67.4 Å². The van der Waals surface area contributed by atoms with Crippen LogP contribution in [0.1, 0.15) is 16.8 Å². The van der Waals surface area contributed by atoms with Gasteiger partial charge in [0.15, 0.2) is 0 Å². The number of hydrogen-bond acceptors (Lipinski definition) is 5. The number of carbonyl (C=O) groups excluding carboxylic acids is 1. The molecule has 24 heavy (non-hydrogen) atoms. The number of ether oxygens (including phenoxy) is 1. The first-order chi connectivity index (χ1) is 11.8. The van der Waals surface area contributed by atoms with Crippen LogP contribution >= 0.6 is 0 Å². The molecule has 0 fully saturated rings. The van der Waals surface area contributed by atoms with E-state index in [4.69, 9.17) is 4.74 Å². The standard InChI is InChI=1S/C18H16N4O2/c23-18(24-12-17-7-10-20-13-21-17)22-16-3-1-14(2-4-16)11-15-5-8-19-9-6-15/h1-10,13H,11-12H2,(H,22,23). The monoisotopic (exact) mass is 320 g/mol. The third kappa shape index (κ3) is 4.61. The summed E-state index contributed by atoms with van der Waals surface area (Å²) < 4.78 is 5.11. The van der Waals surface area contributed by atoms with Gasteiger partial charge in [-0.25, -0.2) is 14.8 Å². The van der Waals surface area contributed by atoms with E-state index in [1.807, 2.05) is 36.4 Å². The van der Waals surface area contributed by atoms with Crippen molar-refractivity contribution >= 4 is 11.8 Å². The predicted octanol–water partition coefficient (Wildman–Crippen LogP) is 3.21. The van der Waals surface area contributed by atoms with Crippen LogP contribution in [0.3, 0.4) is 0 Å². The molecule has 2 aromatic heterocycles. The van der Waals surface area contributed by atoms with E-state index in [0.29, 0.717) is 11.4 Å². The molecule has 0 saturated heterocycles. The topological polar surface area (TPSA) is 77.0 Å². The Morgan fingerprint density at radius 2 is 1.62 bits per heavy atom. The first kappa shape index (κ1) is 15.6. The van der Waals surface area contributed by atoms with E-state index in [1.165, 1.54) is 11.9 Å². The number of nitrogens with zero attached hydrogens (tertiary/aromatic N) is 3. The summed E-state index contributed by atoms with van der Waals surface area (Å²) in [6.45, 7) is 0.106. The van der Waals surface area contributed by atoms with Crippen LogP contribution in [0.2, 0.25) is 0 Å². The van der Waals surface area contributed by atoms with E-state index in [2.05, 4.69) is 20.3 Å². The molecule has 0 aliphatic carbocycles. The van der Waals surface area contributed by atoms with Crippen LogP contribution in [0.4, 0.5) is 10.5 Å². The van der Waals surface area contributed by atoms with Crippen LogP contribution in [-0.2, 0) is 17.8 Å². The van der Waals surface area contributed by atoms with Crippen LogP contribution in [0.25, 0.3) is 0 Å². The summed E-state index contributed by atoms with van der Waals surface area (Å²) in [5, 5.41) is 2.69. The van der Waals surface area contributed by atoms with Crippen LogP contribution in [0, 0.1) is 0 Å². The highest BCUT2D eigenvalue weighted by Crippen LogP contribution is 2.13. The summed E-state index contributed by atoms with van der Waals surface area (Å²) in [6.07, 6.45) is 6.87. The third-order valence-corrected chi connectivity index (χ3v) is 3.35. The van der Waals surface area contributed by atoms with E-state index in [0.717, 1.165) is 12.0 Å². The van der Waals surface area contributed by atoms with Gasteiger partial charge in [-0.3, -0.25) is 10.3 Å². The third-order valence-electron chi connectivity index (χ3n) is 3.35. The van der Waals surface area contributed by atoms with E-state index in [1.54, 1.807) is 24.7 Å². The van der Waals surface area contributed by atoms with Gasteiger partial charge in [0.2, 0.25) is 0 Å². The Morgan fingerprint density at radius 3 is 2.33 bits per heavy atom. The van der Waals surface area contributed by atoms with Crippen molar-refractivity contribution in [2.45, 2.75) is 13.0 Å². The summed E-state index contributed by atoms with van der Waals surface area (Å²) in [7, 11) is 0. The average Bonchev–Trinajstić information content (AvgIpc) is 2.63. The van der Waals surface area contributed by atoms with E-state index < -0.39 is 6.09 Å². The van der Waals surface area contributed by atoms with Crippen LogP contribution in [0.5, 0.6) is 0 Å². The molecule has 120 valence electrons. The van der Waals surface area contributed by atoms with Gasteiger partial charge in [-0.2, -0.15) is 0 Å². The highest BCUT2D eigenvalue weighted by Gasteiger charge is 2.04. The van der Waals surface area contributed by atoms with Crippen molar-refractivity contribution in [2.24, 2.45) is 0 Å². The Balaban J connectivity index is 1.51. The fourth-order valence-corrected chi connectivity index (χ4v) is 2.14. The number of benzene rings is 1. The quantitative estimate of drug-likeness (QED) is 0.781. The Kier molecular flexibility index (Phi) is 5.09. The van der Waals surface area contributed by atoms with Crippen molar-refractivity contribution in [3.63, 3.8) is 0 Å². The van der Waals surface area contributed by atoms with E-state index >= 15 is 0 Å². The number of hydrogen-bond donors (Lipinski definition) is 1. The van der Waals surface area contributed by atoms with Gasteiger partial charge in [0.1, 0.15) is 12.9 Å². The van der Waals surface area contributed by atoms with E-state index in [9.17, 15) is 4.79 Å².